The molecule has 1 aliphatic heterocycles. The number of nitrogens with one attached hydrogen (secondary N) is 1. The van der Waals surface area contributed by atoms with Gasteiger partial charge >= 0.3 is 0 Å². The van der Waals surface area contributed by atoms with E-state index < -0.39 is 0 Å². The SMILES string of the molecule is CCc1nnc(NCc2cccc(CN3CCCC3=O)c2)c(C#N)c1CC. The van der Waals surface area contributed by atoms with Crippen LogP contribution >= 0.6 is 0 Å². The van der Waals surface area contributed by atoms with Gasteiger partial charge in [-0.25, -0.2) is 0 Å². The van der Waals surface area contributed by atoms with Crippen molar-refractivity contribution >= 4 is 11.7 Å². The third kappa shape index (κ3) is 4.25. The van der Waals surface area contributed by atoms with Crippen LogP contribution in [0.15, 0.2) is 24.3 Å². The lowest BCUT2D eigenvalue weighted by Gasteiger charge is -2.16. The fourth-order valence-corrected chi connectivity index (χ4v) is 3.53. The van der Waals surface area contributed by atoms with Crippen LogP contribution in [0, 0.1) is 11.3 Å². The second-order valence-corrected chi connectivity index (χ2v) is 6.76. The highest BCUT2D eigenvalue weighted by molar-refractivity contribution is 5.78. The fraction of sp³-hybridized carbons (Fsp3) is 0.429. The van der Waals surface area contributed by atoms with Crippen molar-refractivity contribution in [2.45, 2.75) is 52.6 Å². The minimum atomic E-state index is 0.232. The number of carbonyl (C=O) groups is 1. The molecule has 6 heteroatoms. The van der Waals surface area contributed by atoms with Gasteiger partial charge in [0.2, 0.25) is 5.91 Å². The first-order valence-corrected chi connectivity index (χ1v) is 9.54. The normalized spacial score (nSPS) is 13.7. The van der Waals surface area contributed by atoms with Gasteiger partial charge in [-0.1, -0.05) is 38.1 Å². The van der Waals surface area contributed by atoms with Gasteiger partial charge in [-0.3, -0.25) is 4.79 Å². The summed E-state index contributed by atoms with van der Waals surface area (Å²) in [5, 5.41) is 21.3. The van der Waals surface area contributed by atoms with E-state index in [1.807, 2.05) is 36.9 Å². The zero-order valence-electron chi connectivity index (χ0n) is 16.0. The molecule has 140 valence electrons. The van der Waals surface area contributed by atoms with Crippen LogP contribution in [0.4, 0.5) is 5.82 Å². The molecule has 0 spiro atoms. The summed E-state index contributed by atoms with van der Waals surface area (Å²) < 4.78 is 0. The molecule has 1 fully saturated rings. The molecular weight excluding hydrogens is 338 g/mol. The lowest BCUT2D eigenvalue weighted by Crippen LogP contribution is -2.23. The first-order valence-electron chi connectivity index (χ1n) is 9.54. The maximum absolute atomic E-state index is 11.8. The van der Waals surface area contributed by atoms with Crippen LogP contribution in [0.2, 0.25) is 0 Å². The summed E-state index contributed by atoms with van der Waals surface area (Å²) in [6.07, 6.45) is 3.13. The average molecular weight is 363 g/mol. The highest BCUT2D eigenvalue weighted by Crippen LogP contribution is 2.21. The number of rotatable bonds is 7. The first kappa shape index (κ1) is 18.8. The molecule has 1 aromatic carbocycles. The Balaban J connectivity index is 1.73. The fourth-order valence-electron chi connectivity index (χ4n) is 3.53. The van der Waals surface area contributed by atoms with Crippen LogP contribution in [0.25, 0.3) is 0 Å². The van der Waals surface area contributed by atoms with Crippen LogP contribution in [-0.2, 0) is 30.7 Å². The number of benzene rings is 1. The van der Waals surface area contributed by atoms with E-state index in [0.717, 1.165) is 48.2 Å². The molecule has 1 saturated heterocycles. The summed E-state index contributed by atoms with van der Waals surface area (Å²) in [5.41, 5.74) is 4.65. The van der Waals surface area contributed by atoms with Gasteiger partial charge < -0.3 is 10.2 Å². The van der Waals surface area contributed by atoms with Gasteiger partial charge in [0.1, 0.15) is 11.6 Å². The Kier molecular flexibility index (Phi) is 6.02. The highest BCUT2D eigenvalue weighted by Gasteiger charge is 2.20. The Hall–Kier alpha value is -2.94. The minimum Gasteiger partial charge on any atom is -0.363 e. The molecule has 1 amide bonds. The second-order valence-electron chi connectivity index (χ2n) is 6.76. The Morgan fingerprint density at radius 2 is 2.04 bits per heavy atom. The lowest BCUT2D eigenvalue weighted by molar-refractivity contribution is -0.128. The van der Waals surface area contributed by atoms with E-state index in [-0.39, 0.29) is 5.91 Å². The molecular formula is C21H25N5O. The average Bonchev–Trinajstić information content (AvgIpc) is 3.10. The maximum Gasteiger partial charge on any atom is 0.222 e. The van der Waals surface area contributed by atoms with Gasteiger partial charge in [-0.05, 0) is 36.0 Å². The number of hydrogen-bond acceptors (Lipinski definition) is 5. The summed E-state index contributed by atoms with van der Waals surface area (Å²) in [6, 6.07) is 10.5. The van der Waals surface area contributed by atoms with Gasteiger partial charge in [0, 0.05) is 26.1 Å². The molecule has 6 nitrogen and oxygen atoms in total. The van der Waals surface area contributed by atoms with Crippen LogP contribution in [-0.4, -0.2) is 27.5 Å². The number of nitriles is 1. The van der Waals surface area contributed by atoms with Crippen molar-refractivity contribution in [3.63, 3.8) is 0 Å². The highest BCUT2D eigenvalue weighted by atomic mass is 16.2. The van der Waals surface area contributed by atoms with E-state index in [1.54, 1.807) is 0 Å². The van der Waals surface area contributed by atoms with Gasteiger partial charge in [0.05, 0.1) is 5.69 Å². The van der Waals surface area contributed by atoms with E-state index in [0.29, 0.717) is 30.9 Å². The van der Waals surface area contributed by atoms with E-state index in [2.05, 4.69) is 27.6 Å². The topological polar surface area (TPSA) is 81.9 Å². The number of carbonyl (C=O) groups excluding carboxylic acids is 1. The summed E-state index contributed by atoms with van der Waals surface area (Å²) in [7, 11) is 0. The molecule has 2 aromatic rings. The van der Waals surface area contributed by atoms with Crippen molar-refractivity contribution < 1.29 is 4.79 Å². The zero-order valence-corrected chi connectivity index (χ0v) is 16.0. The number of nitrogens with zero attached hydrogens (tertiary/aromatic N) is 4. The molecule has 0 atom stereocenters. The monoisotopic (exact) mass is 363 g/mol. The summed E-state index contributed by atoms with van der Waals surface area (Å²) >= 11 is 0. The summed E-state index contributed by atoms with van der Waals surface area (Å²) in [4.78, 5) is 13.7. The van der Waals surface area contributed by atoms with Crippen molar-refractivity contribution in [3.05, 3.63) is 52.2 Å². The molecule has 0 aliphatic carbocycles. The van der Waals surface area contributed by atoms with Gasteiger partial charge in [0.15, 0.2) is 5.82 Å². The van der Waals surface area contributed by atoms with Crippen LogP contribution < -0.4 is 5.32 Å². The van der Waals surface area contributed by atoms with Crippen molar-refractivity contribution in [1.29, 1.82) is 5.26 Å². The molecule has 0 unspecified atom stereocenters. The molecule has 3 rings (SSSR count). The lowest BCUT2D eigenvalue weighted by atomic mass is 10.0. The smallest absolute Gasteiger partial charge is 0.222 e. The van der Waals surface area contributed by atoms with E-state index in [1.165, 1.54) is 0 Å². The van der Waals surface area contributed by atoms with E-state index in [9.17, 15) is 10.1 Å². The predicted molar refractivity (Wildman–Crippen MR) is 104 cm³/mol. The number of amides is 1. The molecule has 27 heavy (non-hydrogen) atoms. The van der Waals surface area contributed by atoms with Crippen LogP contribution in [0.1, 0.15) is 54.6 Å². The summed E-state index contributed by atoms with van der Waals surface area (Å²) in [6.45, 7) is 6.10. The number of aromatic nitrogens is 2. The third-order valence-electron chi connectivity index (χ3n) is 4.95. The molecule has 1 aromatic heterocycles. The molecule has 0 bridgehead atoms. The molecule has 1 N–H and O–H groups in total. The molecule has 2 heterocycles. The molecule has 0 saturated carbocycles. The van der Waals surface area contributed by atoms with Crippen molar-refractivity contribution in [1.82, 2.24) is 15.1 Å². The van der Waals surface area contributed by atoms with E-state index >= 15 is 0 Å². The first-order chi connectivity index (χ1) is 13.2. The van der Waals surface area contributed by atoms with Crippen LogP contribution in [0.3, 0.4) is 0 Å². The number of hydrogen-bond donors (Lipinski definition) is 1. The van der Waals surface area contributed by atoms with Crippen LogP contribution in [0.5, 0.6) is 0 Å². The Bertz CT molecular complexity index is 871. The van der Waals surface area contributed by atoms with Gasteiger partial charge in [-0.15, -0.1) is 5.10 Å². The number of aryl methyl sites for hydroxylation is 1. The Morgan fingerprint density at radius 3 is 2.70 bits per heavy atom. The van der Waals surface area contributed by atoms with Crippen molar-refractivity contribution in [3.8, 4) is 6.07 Å². The molecule has 0 radical (unpaired) electrons. The quantitative estimate of drug-likeness (QED) is 0.817. The minimum absolute atomic E-state index is 0.232. The Labute approximate surface area is 160 Å². The second kappa shape index (κ2) is 8.63. The van der Waals surface area contributed by atoms with E-state index in [4.69, 9.17) is 0 Å². The maximum atomic E-state index is 11.8. The largest absolute Gasteiger partial charge is 0.363 e. The van der Waals surface area contributed by atoms with Gasteiger partial charge in [-0.2, -0.15) is 10.4 Å². The standard InChI is InChI=1S/C21H25N5O/c1-3-17-18(12-22)21(25-24-19(17)4-2)23-13-15-7-5-8-16(11-15)14-26-10-6-9-20(26)27/h5,7-8,11H,3-4,6,9-10,13-14H2,1-2H3,(H,23,25). The van der Waals surface area contributed by atoms with Gasteiger partial charge in [0.25, 0.3) is 0 Å². The van der Waals surface area contributed by atoms with Crippen molar-refractivity contribution in [2.24, 2.45) is 0 Å². The predicted octanol–water partition coefficient (Wildman–Crippen LogP) is 3.21. The molecule has 1 aliphatic rings. The zero-order chi connectivity index (χ0) is 19.2. The van der Waals surface area contributed by atoms with Crippen molar-refractivity contribution in [2.75, 3.05) is 11.9 Å². The number of likely N-dealkylation sites (tertiary alicyclic amines) is 1. The summed E-state index contributed by atoms with van der Waals surface area (Å²) in [5.74, 6) is 0.766. The number of anilines is 1. The Morgan fingerprint density at radius 1 is 1.22 bits per heavy atom. The third-order valence-corrected chi connectivity index (χ3v) is 4.95.